The lowest BCUT2D eigenvalue weighted by atomic mass is 10.1. The third-order valence-electron chi connectivity index (χ3n) is 6.51. The van der Waals surface area contributed by atoms with Gasteiger partial charge in [-0.15, -0.1) is 21.5 Å². The lowest BCUT2D eigenvalue weighted by molar-refractivity contribution is -0.113. The Hall–Kier alpha value is -3.49. The molecule has 180 valence electrons. The summed E-state index contributed by atoms with van der Waals surface area (Å²) in [5.41, 5.74) is 5.41. The number of amides is 1. The number of nitrogens with zero attached hydrogens (tertiary/aromatic N) is 4. The van der Waals surface area contributed by atoms with Crippen LogP contribution in [0.15, 0.2) is 78.0 Å². The number of benzene rings is 3. The molecule has 3 aromatic carbocycles. The molecule has 2 atom stereocenters. The first-order valence-electron chi connectivity index (χ1n) is 11.9. The van der Waals surface area contributed by atoms with Gasteiger partial charge in [-0.25, -0.2) is 4.98 Å². The van der Waals surface area contributed by atoms with Gasteiger partial charge in [0.05, 0.1) is 16.0 Å². The second-order valence-corrected chi connectivity index (χ2v) is 11.1. The van der Waals surface area contributed by atoms with Crippen molar-refractivity contribution in [3.63, 3.8) is 0 Å². The molecule has 2 heterocycles. The van der Waals surface area contributed by atoms with Crippen LogP contribution in [-0.2, 0) is 11.8 Å². The number of rotatable bonds is 7. The molecule has 1 aliphatic rings. The SMILES string of the molecule is Cc1ccc2nc(-c3ccc(NC(=O)CSc4nnc(C5CC5c5ccccc5)n4C)cc3)sc2c1. The molecule has 5 aromatic rings. The standard InChI is InChI=1S/C28H25N5OS2/c1-17-8-13-23-24(14-17)36-27(30-23)19-9-11-20(12-10-19)29-25(34)16-35-28-32-31-26(33(28)2)22-15-21(22)18-6-4-3-5-7-18/h3-14,21-22H,15-16H2,1-2H3,(H,29,34). The molecular weight excluding hydrogens is 486 g/mol. The summed E-state index contributed by atoms with van der Waals surface area (Å²) in [6, 6.07) is 24.7. The first-order valence-corrected chi connectivity index (χ1v) is 13.7. The number of hydrogen-bond donors (Lipinski definition) is 1. The van der Waals surface area contributed by atoms with Crippen molar-refractivity contribution in [2.45, 2.75) is 30.3 Å². The maximum absolute atomic E-state index is 12.6. The van der Waals surface area contributed by atoms with Crippen LogP contribution in [0.2, 0.25) is 0 Å². The average Bonchev–Trinajstić information content (AvgIpc) is 3.43. The minimum Gasteiger partial charge on any atom is -0.325 e. The van der Waals surface area contributed by atoms with Crippen molar-refractivity contribution in [1.82, 2.24) is 19.7 Å². The Morgan fingerprint density at radius 2 is 1.86 bits per heavy atom. The zero-order valence-electron chi connectivity index (χ0n) is 20.0. The molecule has 0 spiro atoms. The van der Waals surface area contributed by atoms with Crippen LogP contribution in [0.25, 0.3) is 20.8 Å². The molecule has 1 amide bonds. The van der Waals surface area contributed by atoms with Crippen LogP contribution in [0.1, 0.15) is 35.2 Å². The molecule has 0 aliphatic heterocycles. The molecule has 1 aliphatic carbocycles. The van der Waals surface area contributed by atoms with Crippen LogP contribution in [0.5, 0.6) is 0 Å². The summed E-state index contributed by atoms with van der Waals surface area (Å²) < 4.78 is 3.21. The molecular formula is C28H25N5OS2. The minimum absolute atomic E-state index is 0.0682. The Balaban J connectivity index is 1.05. The molecule has 1 fully saturated rings. The smallest absolute Gasteiger partial charge is 0.234 e. The Bertz CT molecular complexity index is 1540. The third-order valence-corrected chi connectivity index (χ3v) is 8.60. The summed E-state index contributed by atoms with van der Waals surface area (Å²) in [4.78, 5) is 17.3. The van der Waals surface area contributed by atoms with E-state index in [9.17, 15) is 4.79 Å². The molecule has 0 saturated heterocycles. The molecule has 2 aromatic heterocycles. The number of hydrogen-bond acceptors (Lipinski definition) is 6. The highest BCUT2D eigenvalue weighted by Crippen LogP contribution is 2.54. The second-order valence-electron chi connectivity index (χ2n) is 9.16. The monoisotopic (exact) mass is 511 g/mol. The minimum atomic E-state index is -0.0682. The van der Waals surface area contributed by atoms with Gasteiger partial charge in [-0.3, -0.25) is 4.79 Å². The first kappa shape index (κ1) is 22.9. The molecule has 0 radical (unpaired) electrons. The predicted molar refractivity (Wildman–Crippen MR) is 147 cm³/mol. The molecule has 36 heavy (non-hydrogen) atoms. The van der Waals surface area contributed by atoms with Gasteiger partial charge >= 0.3 is 0 Å². The number of thioether (sulfide) groups is 1. The zero-order valence-corrected chi connectivity index (χ0v) is 21.6. The molecule has 1 saturated carbocycles. The van der Waals surface area contributed by atoms with Crippen LogP contribution in [0.3, 0.4) is 0 Å². The Morgan fingerprint density at radius 1 is 1.06 bits per heavy atom. The van der Waals surface area contributed by atoms with Gasteiger partial charge in [0, 0.05) is 24.2 Å². The van der Waals surface area contributed by atoms with Gasteiger partial charge in [-0.2, -0.15) is 0 Å². The van der Waals surface area contributed by atoms with E-state index in [4.69, 9.17) is 4.98 Å². The highest BCUT2D eigenvalue weighted by Gasteiger charge is 2.42. The van der Waals surface area contributed by atoms with Crippen LogP contribution >= 0.6 is 23.1 Å². The Kier molecular flexibility index (Phi) is 6.07. The van der Waals surface area contributed by atoms with Gasteiger partial charge in [-0.05, 0) is 66.8 Å². The fourth-order valence-electron chi connectivity index (χ4n) is 4.50. The van der Waals surface area contributed by atoms with E-state index in [2.05, 4.69) is 64.9 Å². The number of carbonyl (C=O) groups excluding carboxylic acids is 1. The normalized spacial score (nSPS) is 16.8. The van der Waals surface area contributed by atoms with Crippen molar-refractivity contribution in [3.05, 3.63) is 89.7 Å². The van der Waals surface area contributed by atoms with E-state index >= 15 is 0 Å². The van der Waals surface area contributed by atoms with E-state index < -0.39 is 0 Å². The van der Waals surface area contributed by atoms with Crippen molar-refractivity contribution in [3.8, 4) is 10.6 Å². The number of fused-ring (bicyclic) bond motifs is 1. The molecule has 2 unspecified atom stereocenters. The fraction of sp³-hybridized carbons (Fsp3) is 0.214. The summed E-state index contributed by atoms with van der Waals surface area (Å²) in [6.07, 6.45) is 1.09. The molecule has 6 rings (SSSR count). The van der Waals surface area contributed by atoms with Crippen LogP contribution < -0.4 is 5.32 Å². The van der Waals surface area contributed by atoms with Gasteiger partial charge in [0.25, 0.3) is 0 Å². The van der Waals surface area contributed by atoms with Crippen molar-refractivity contribution in [2.24, 2.45) is 7.05 Å². The van der Waals surface area contributed by atoms with Crippen molar-refractivity contribution >= 4 is 44.9 Å². The Morgan fingerprint density at radius 3 is 2.67 bits per heavy atom. The van der Waals surface area contributed by atoms with Gasteiger partial charge in [-0.1, -0.05) is 48.2 Å². The average molecular weight is 512 g/mol. The number of thiazole rings is 1. The van der Waals surface area contributed by atoms with E-state index in [0.717, 1.165) is 39.2 Å². The summed E-state index contributed by atoms with van der Waals surface area (Å²) in [7, 11) is 1.98. The molecule has 6 nitrogen and oxygen atoms in total. The summed E-state index contributed by atoms with van der Waals surface area (Å²) in [5.74, 6) is 2.10. The summed E-state index contributed by atoms with van der Waals surface area (Å²) in [5, 5.41) is 13.5. The zero-order chi connectivity index (χ0) is 24.6. The van der Waals surface area contributed by atoms with E-state index in [1.807, 2.05) is 41.9 Å². The van der Waals surface area contributed by atoms with E-state index in [1.54, 1.807) is 11.3 Å². The number of anilines is 1. The largest absolute Gasteiger partial charge is 0.325 e. The van der Waals surface area contributed by atoms with Gasteiger partial charge in [0.1, 0.15) is 10.8 Å². The highest BCUT2D eigenvalue weighted by atomic mass is 32.2. The third kappa shape index (κ3) is 4.66. The Labute approximate surface area is 217 Å². The van der Waals surface area contributed by atoms with Gasteiger partial charge in [0.15, 0.2) is 5.16 Å². The predicted octanol–water partition coefficient (Wildman–Crippen LogP) is 6.40. The van der Waals surface area contributed by atoms with Gasteiger partial charge in [0.2, 0.25) is 5.91 Å². The van der Waals surface area contributed by atoms with Crippen LogP contribution in [0, 0.1) is 6.92 Å². The molecule has 1 N–H and O–H groups in total. The number of carbonyl (C=O) groups is 1. The molecule has 0 bridgehead atoms. The van der Waals surface area contributed by atoms with Gasteiger partial charge < -0.3 is 9.88 Å². The van der Waals surface area contributed by atoms with Crippen molar-refractivity contribution in [2.75, 3.05) is 11.1 Å². The van der Waals surface area contributed by atoms with Crippen molar-refractivity contribution in [1.29, 1.82) is 0 Å². The maximum atomic E-state index is 12.6. The number of aryl methyl sites for hydroxylation is 1. The van der Waals surface area contributed by atoms with Crippen LogP contribution in [0.4, 0.5) is 5.69 Å². The highest BCUT2D eigenvalue weighted by molar-refractivity contribution is 7.99. The summed E-state index contributed by atoms with van der Waals surface area (Å²) in [6.45, 7) is 2.09. The number of aromatic nitrogens is 4. The number of nitrogens with one attached hydrogen (secondary N) is 1. The lowest BCUT2D eigenvalue weighted by Crippen LogP contribution is -2.14. The van der Waals surface area contributed by atoms with Crippen LogP contribution in [-0.4, -0.2) is 31.4 Å². The van der Waals surface area contributed by atoms with E-state index in [1.165, 1.54) is 27.6 Å². The van der Waals surface area contributed by atoms with Crippen molar-refractivity contribution < 1.29 is 4.79 Å². The first-order chi connectivity index (χ1) is 17.5. The molecule has 8 heteroatoms. The quantitative estimate of drug-likeness (QED) is 0.256. The maximum Gasteiger partial charge on any atom is 0.234 e. The van der Waals surface area contributed by atoms with E-state index in [0.29, 0.717) is 11.8 Å². The fourth-order valence-corrected chi connectivity index (χ4v) is 6.29. The second kappa shape index (κ2) is 9.52. The lowest BCUT2D eigenvalue weighted by Gasteiger charge is -2.06. The topological polar surface area (TPSA) is 72.7 Å². The van der Waals surface area contributed by atoms with E-state index in [-0.39, 0.29) is 11.7 Å². The summed E-state index contributed by atoms with van der Waals surface area (Å²) >= 11 is 3.09.